The highest BCUT2D eigenvalue weighted by Gasteiger charge is 2.24. The first-order valence-electron chi connectivity index (χ1n) is 21.3. The number of amidine groups is 1. The number of hydrogen-bond donors (Lipinski definition) is 6. The minimum atomic E-state index is -4.06. The summed E-state index contributed by atoms with van der Waals surface area (Å²) in [7, 11) is -4.06. The summed E-state index contributed by atoms with van der Waals surface area (Å²) in [5, 5.41) is 15.0. The fourth-order valence-electron chi connectivity index (χ4n) is 7.50. The molecule has 4 aromatic carbocycles. The molecule has 3 aliphatic carbocycles. The summed E-state index contributed by atoms with van der Waals surface area (Å²) in [5.74, 6) is 0.541. The molecular weight excluding hydrogens is 892 g/mol. The highest BCUT2D eigenvalue weighted by atomic mass is 35.5. The summed E-state index contributed by atoms with van der Waals surface area (Å²) < 4.78 is 28.7. The number of aryl methyl sites for hydroxylation is 8. The number of nitrogens with two attached hydrogens (primary N) is 1. The first kappa shape index (κ1) is 52.2. The molecule has 65 heavy (non-hydrogen) atoms. The number of guanidine groups is 1. The van der Waals surface area contributed by atoms with Gasteiger partial charge in [0.25, 0.3) is 0 Å². The minimum Gasteiger partial charge on any atom is -0.481 e. The average molecular weight is 950 g/mol. The molecule has 2 aliphatic heterocycles. The molecule has 0 bridgehead atoms. The van der Waals surface area contributed by atoms with Gasteiger partial charge in [-0.3, -0.25) is 33.7 Å². The van der Waals surface area contributed by atoms with Crippen LogP contribution >= 0.6 is 23.2 Å². The van der Waals surface area contributed by atoms with Crippen LogP contribution in [0.3, 0.4) is 0 Å². The molecule has 0 spiro atoms. The molecule has 0 radical (unpaired) electrons. The number of aliphatic imine (C=N–C) groups is 2. The summed E-state index contributed by atoms with van der Waals surface area (Å²) in [6.45, 7) is 11.1. The van der Waals surface area contributed by atoms with Crippen molar-refractivity contribution >= 4 is 66.7 Å². The number of hydrogen-bond acceptors (Lipinski definition) is 12. The van der Waals surface area contributed by atoms with Gasteiger partial charge in [-0.25, -0.2) is 0 Å². The zero-order valence-corrected chi connectivity index (χ0v) is 39.5. The van der Waals surface area contributed by atoms with Crippen molar-refractivity contribution in [2.45, 2.75) is 91.1 Å². The molecule has 2 unspecified atom stereocenters. The number of carbonyl (C=O) groups is 4. The molecule has 17 heteroatoms. The van der Waals surface area contributed by atoms with E-state index >= 15 is 0 Å². The van der Waals surface area contributed by atoms with E-state index < -0.39 is 26.6 Å². The van der Waals surface area contributed by atoms with Crippen LogP contribution in [0.4, 0.5) is 0 Å². The van der Waals surface area contributed by atoms with E-state index in [2.05, 4.69) is 112 Å². The van der Waals surface area contributed by atoms with Crippen LogP contribution in [-0.4, -0.2) is 77.6 Å². The third-order valence-electron chi connectivity index (χ3n) is 10.7. The smallest absolute Gasteiger partial charge is 0.327 e. The second kappa shape index (κ2) is 25.3. The van der Waals surface area contributed by atoms with Crippen LogP contribution in [0.5, 0.6) is 0 Å². The van der Waals surface area contributed by atoms with E-state index in [4.69, 9.17) is 15.4 Å². The Morgan fingerprint density at radius 2 is 1.31 bits per heavy atom. The van der Waals surface area contributed by atoms with Gasteiger partial charge in [-0.2, -0.15) is 8.42 Å². The quantitative estimate of drug-likeness (QED) is 0.0678. The largest absolute Gasteiger partial charge is 0.481 e. The molecule has 7 N–H and O–H groups in total. The fourth-order valence-corrected chi connectivity index (χ4v) is 8.04. The summed E-state index contributed by atoms with van der Waals surface area (Å²) in [5.41, 5.74) is 20.0. The molecule has 2 heterocycles. The lowest BCUT2D eigenvalue weighted by Crippen LogP contribution is -2.35. The number of carboxylic acid groups (broad SMARTS) is 1. The predicted molar refractivity (Wildman–Crippen MR) is 257 cm³/mol. The maximum Gasteiger partial charge on any atom is 0.327 e. The highest BCUT2D eigenvalue weighted by Crippen LogP contribution is 2.32. The van der Waals surface area contributed by atoms with Gasteiger partial charge in [0, 0.05) is 37.5 Å². The molecule has 0 aromatic heterocycles. The second-order valence-electron chi connectivity index (χ2n) is 16.0. The molecule has 0 saturated heterocycles. The minimum absolute atomic E-state index is 0.212. The summed E-state index contributed by atoms with van der Waals surface area (Å²) in [6.07, 6.45) is 7.13. The van der Waals surface area contributed by atoms with E-state index in [9.17, 15) is 27.6 Å². The molecule has 9 rings (SSSR count). The number of aliphatic carboxylic acids is 1. The Bertz CT molecular complexity index is 2500. The lowest BCUT2D eigenvalue weighted by atomic mass is 10.1. The van der Waals surface area contributed by atoms with Crippen molar-refractivity contribution in [2.24, 2.45) is 15.7 Å². The monoisotopic (exact) mass is 948 g/mol. The third kappa shape index (κ3) is 17.5. The first-order valence-corrected chi connectivity index (χ1v) is 23.5. The van der Waals surface area contributed by atoms with Crippen LogP contribution in [0.2, 0.25) is 0 Å². The zero-order valence-electron chi connectivity index (χ0n) is 37.1. The van der Waals surface area contributed by atoms with E-state index in [0.29, 0.717) is 43.8 Å². The van der Waals surface area contributed by atoms with Crippen molar-refractivity contribution in [2.75, 3.05) is 26.2 Å². The van der Waals surface area contributed by atoms with E-state index in [-0.39, 0.29) is 11.6 Å². The predicted octanol–water partition coefficient (Wildman–Crippen LogP) is 6.96. The number of carboxylic acids is 1. The topological polar surface area (TPSA) is 230 Å². The lowest BCUT2D eigenvalue weighted by molar-refractivity contribution is -0.137. The Hall–Kier alpha value is -5.45. The number of Topliss-reactive ketones (excluding diaryl/α,β-unsaturated/α-hetero) is 1. The molecule has 0 fully saturated rings. The second-order valence-corrected chi connectivity index (χ2v) is 18.1. The number of nitrogens with zero attached hydrogens (tertiary/aromatic N) is 2. The molecular formula is C48H58Cl2N6O8S. The Morgan fingerprint density at radius 1 is 0.738 bits per heavy atom. The van der Waals surface area contributed by atoms with Crippen LogP contribution in [0.25, 0.3) is 0 Å². The van der Waals surface area contributed by atoms with Crippen LogP contribution in [0.15, 0.2) is 88.8 Å². The van der Waals surface area contributed by atoms with Crippen molar-refractivity contribution in [3.8, 4) is 0 Å². The van der Waals surface area contributed by atoms with Gasteiger partial charge in [0.05, 0.1) is 19.1 Å². The van der Waals surface area contributed by atoms with E-state index in [1.54, 1.807) is 0 Å². The molecule has 348 valence electrons. The number of nitrogens with one attached hydrogen (secondary N) is 3. The third-order valence-corrected chi connectivity index (χ3v) is 11.9. The standard InChI is InChI=1S/C13H17N3.C10H13N.C10H12O2.C10H10O.C3H6N2O3S.C2Cl2O2/c1-9-2-3-10-4-5-12(11(10)8-9)16-13-14-6-7-15-13;1-7-2-3-8-4-5-10(11)9(8)6-7;1-8-3-2-4-9(7-8)5-6-10(11)12;1-7-2-3-8-4-5-10(11)9(8)6-7;6-9(7,8)3-4-1-2-5-3;3-1(5)2(4)6/h2-3,8,12H,4-7H2,1H3,(H2,14,15,16);2-3,6,10H,4-5,11H2,1H3;2-4,7H,5-6H2,1H3,(H,11,12);2-3,6H,4-5H2,1H3;1-2H2,(H,4,5)(H,6,7,8);. The van der Waals surface area contributed by atoms with Crippen molar-refractivity contribution in [1.82, 2.24) is 16.0 Å². The highest BCUT2D eigenvalue weighted by molar-refractivity contribution is 8.01. The summed E-state index contributed by atoms with van der Waals surface area (Å²) in [4.78, 5) is 48.2. The van der Waals surface area contributed by atoms with Crippen molar-refractivity contribution in [3.05, 3.63) is 140 Å². The van der Waals surface area contributed by atoms with Gasteiger partial charge in [0.1, 0.15) is 0 Å². The van der Waals surface area contributed by atoms with Gasteiger partial charge in [-0.15, -0.1) is 0 Å². The van der Waals surface area contributed by atoms with Crippen LogP contribution in [-0.2, 0) is 50.2 Å². The maximum absolute atomic E-state index is 11.2. The molecule has 2 atom stereocenters. The molecule has 14 nitrogen and oxygen atoms in total. The summed E-state index contributed by atoms with van der Waals surface area (Å²) >= 11 is 8.98. The van der Waals surface area contributed by atoms with Crippen molar-refractivity contribution in [3.63, 3.8) is 0 Å². The molecule has 0 amide bonds. The van der Waals surface area contributed by atoms with Crippen LogP contribution < -0.4 is 21.7 Å². The van der Waals surface area contributed by atoms with E-state index in [1.807, 2.05) is 44.2 Å². The SMILES string of the molecule is Cc1ccc2c(c1)C(=O)CC2.Cc1ccc2c(c1)C(N)CC2.Cc1ccc2c(c1)C(NC1=NCCN1)CC2.Cc1cccc(CCC(=O)O)c1.O=C(Cl)C(=O)Cl.O=S(=O)(O)C1=NCCN1. The van der Waals surface area contributed by atoms with Crippen LogP contribution in [0, 0.1) is 27.7 Å². The van der Waals surface area contributed by atoms with Crippen molar-refractivity contribution < 1.29 is 37.3 Å². The normalized spacial score (nSPS) is 17.0. The first-order chi connectivity index (χ1) is 30.8. The Morgan fingerprint density at radius 3 is 1.86 bits per heavy atom. The van der Waals surface area contributed by atoms with Gasteiger partial charge in [-0.05, 0) is 129 Å². The number of rotatable bonds is 5. The number of carbonyl (C=O) groups excluding carboxylic acids is 3. The van der Waals surface area contributed by atoms with Crippen LogP contribution in [0.1, 0.15) is 104 Å². The zero-order chi connectivity index (χ0) is 47.7. The van der Waals surface area contributed by atoms with Gasteiger partial charge in [0.2, 0.25) is 5.17 Å². The maximum atomic E-state index is 11.2. The van der Waals surface area contributed by atoms with Gasteiger partial charge in [0.15, 0.2) is 11.7 Å². The van der Waals surface area contributed by atoms with Crippen molar-refractivity contribution in [1.29, 1.82) is 0 Å². The van der Waals surface area contributed by atoms with E-state index in [0.717, 1.165) is 49.4 Å². The Kier molecular flexibility index (Phi) is 20.3. The van der Waals surface area contributed by atoms with Gasteiger partial charge >= 0.3 is 26.6 Å². The number of halogens is 2. The molecule has 0 saturated carbocycles. The average Bonchev–Trinajstić information content (AvgIpc) is 4.13. The number of fused-ring (bicyclic) bond motifs is 3. The van der Waals surface area contributed by atoms with E-state index in [1.165, 1.54) is 62.9 Å². The molecule has 5 aliphatic rings. The van der Waals surface area contributed by atoms with Gasteiger partial charge in [-0.1, -0.05) is 95.1 Å². The van der Waals surface area contributed by atoms with Gasteiger partial charge < -0.3 is 26.8 Å². The number of ketones is 1. The lowest BCUT2D eigenvalue weighted by Gasteiger charge is -2.15. The Labute approximate surface area is 391 Å². The Balaban J connectivity index is 0.000000175. The number of benzene rings is 4. The molecule has 4 aromatic rings. The fraction of sp³-hybridized carbons (Fsp3) is 0.375. The summed E-state index contributed by atoms with van der Waals surface area (Å²) in [6, 6.07) is 28.1.